The van der Waals surface area contributed by atoms with Crippen LogP contribution in [0, 0.1) is 7.11 Å². The van der Waals surface area contributed by atoms with Gasteiger partial charge in [0.25, 0.3) is 0 Å². The lowest BCUT2D eigenvalue weighted by molar-refractivity contribution is -0.116. The Morgan fingerprint density at radius 3 is 2.25 bits per heavy atom. The van der Waals surface area contributed by atoms with Crippen molar-refractivity contribution in [3.63, 3.8) is 0 Å². The van der Waals surface area contributed by atoms with Gasteiger partial charge in [-0.15, -0.1) is 0 Å². The van der Waals surface area contributed by atoms with Crippen molar-refractivity contribution in [1.29, 1.82) is 0 Å². The van der Waals surface area contributed by atoms with Crippen LogP contribution in [0.5, 0.6) is 5.75 Å². The van der Waals surface area contributed by atoms with Crippen LogP contribution in [0.4, 0.5) is 5.69 Å². The van der Waals surface area contributed by atoms with E-state index < -0.39 is 0 Å². The van der Waals surface area contributed by atoms with Gasteiger partial charge in [-0.1, -0.05) is 45.4 Å². The molecule has 0 bridgehead atoms. The molecule has 0 aliphatic rings. The maximum Gasteiger partial charge on any atom is 0.224 e. The van der Waals surface area contributed by atoms with Crippen LogP contribution >= 0.6 is 0 Å². The van der Waals surface area contributed by atoms with E-state index in [1.165, 1.54) is 32.1 Å². The second kappa shape index (κ2) is 10.3. The molecule has 3 heteroatoms. The molecule has 1 aromatic rings. The fourth-order valence-corrected chi connectivity index (χ4v) is 2.10. The molecule has 0 saturated carbocycles. The summed E-state index contributed by atoms with van der Waals surface area (Å²) in [4.78, 5) is 11.7. The number of nitrogens with one attached hydrogen (secondary N) is 1. The molecule has 0 unspecified atom stereocenters. The zero-order chi connectivity index (χ0) is 14.6. The summed E-state index contributed by atoms with van der Waals surface area (Å²) in [6, 6.07) is 7.22. The third-order valence-electron chi connectivity index (χ3n) is 3.31. The summed E-state index contributed by atoms with van der Waals surface area (Å²) in [6.45, 7) is 2.22. The molecule has 1 aromatic carbocycles. The maximum atomic E-state index is 11.7. The Bertz CT molecular complexity index is 373. The highest BCUT2D eigenvalue weighted by molar-refractivity contribution is 5.90. The van der Waals surface area contributed by atoms with Gasteiger partial charge in [0.15, 0.2) is 0 Å². The van der Waals surface area contributed by atoms with Crippen LogP contribution in [0.2, 0.25) is 0 Å². The number of hydrogen-bond acceptors (Lipinski definition) is 2. The van der Waals surface area contributed by atoms with Crippen molar-refractivity contribution in [3.8, 4) is 5.75 Å². The van der Waals surface area contributed by atoms with Gasteiger partial charge in [-0.25, -0.2) is 0 Å². The number of carbonyl (C=O) groups is 1. The van der Waals surface area contributed by atoms with Crippen LogP contribution in [0.1, 0.15) is 58.3 Å². The van der Waals surface area contributed by atoms with Gasteiger partial charge in [-0.05, 0) is 30.7 Å². The molecule has 1 radical (unpaired) electrons. The molecule has 0 heterocycles. The highest BCUT2D eigenvalue weighted by Crippen LogP contribution is 2.16. The van der Waals surface area contributed by atoms with Gasteiger partial charge in [0.05, 0.1) is 0 Å². The van der Waals surface area contributed by atoms with Gasteiger partial charge in [0.1, 0.15) is 12.9 Å². The van der Waals surface area contributed by atoms with Gasteiger partial charge in [-0.2, -0.15) is 0 Å². The third-order valence-corrected chi connectivity index (χ3v) is 3.31. The average Bonchev–Trinajstić information content (AvgIpc) is 2.47. The van der Waals surface area contributed by atoms with Crippen LogP contribution in [-0.2, 0) is 4.79 Å². The summed E-state index contributed by atoms with van der Waals surface area (Å²) in [6.07, 6.45) is 9.17. The van der Waals surface area contributed by atoms with E-state index in [-0.39, 0.29) is 5.91 Å². The van der Waals surface area contributed by atoms with Crippen LogP contribution < -0.4 is 10.1 Å². The maximum absolute atomic E-state index is 11.7. The Morgan fingerprint density at radius 1 is 1.05 bits per heavy atom. The summed E-state index contributed by atoms with van der Waals surface area (Å²) in [5.74, 6) is 0.775. The van der Waals surface area contributed by atoms with E-state index in [1.54, 1.807) is 12.1 Å². The number of carbonyl (C=O) groups excluding carboxylic acids is 1. The van der Waals surface area contributed by atoms with E-state index in [1.807, 2.05) is 12.1 Å². The molecule has 1 rings (SSSR count). The monoisotopic (exact) mass is 276 g/mol. The second-order valence-corrected chi connectivity index (χ2v) is 5.09. The van der Waals surface area contributed by atoms with Crippen molar-refractivity contribution in [2.75, 3.05) is 5.32 Å². The summed E-state index contributed by atoms with van der Waals surface area (Å²) in [5, 5.41) is 2.89. The van der Waals surface area contributed by atoms with Crippen LogP contribution in [-0.4, -0.2) is 5.91 Å². The van der Waals surface area contributed by atoms with Crippen LogP contribution in [0.15, 0.2) is 24.3 Å². The summed E-state index contributed by atoms with van der Waals surface area (Å²) in [7, 11) is 3.34. The van der Waals surface area contributed by atoms with E-state index in [4.69, 9.17) is 4.74 Å². The minimum Gasteiger partial charge on any atom is -0.490 e. The largest absolute Gasteiger partial charge is 0.490 e. The fourth-order valence-electron chi connectivity index (χ4n) is 2.10. The zero-order valence-electron chi connectivity index (χ0n) is 12.5. The molecule has 0 fully saturated rings. The Kier molecular flexibility index (Phi) is 8.52. The average molecular weight is 276 g/mol. The smallest absolute Gasteiger partial charge is 0.224 e. The van der Waals surface area contributed by atoms with E-state index in [0.717, 1.165) is 18.5 Å². The Labute approximate surface area is 122 Å². The fraction of sp³-hybridized carbons (Fsp3) is 0.529. The number of amides is 1. The van der Waals surface area contributed by atoms with Crippen molar-refractivity contribution in [1.82, 2.24) is 0 Å². The minimum absolute atomic E-state index is 0.0850. The highest BCUT2D eigenvalue weighted by Gasteiger charge is 2.02. The molecule has 0 aliphatic carbocycles. The highest BCUT2D eigenvalue weighted by atomic mass is 16.5. The molecule has 111 valence electrons. The first-order chi connectivity index (χ1) is 9.76. The van der Waals surface area contributed by atoms with Gasteiger partial charge in [0, 0.05) is 12.1 Å². The van der Waals surface area contributed by atoms with Gasteiger partial charge in [-0.3, -0.25) is 4.79 Å². The number of unbranched alkanes of at least 4 members (excludes halogenated alkanes) is 6. The summed E-state index contributed by atoms with van der Waals surface area (Å²) in [5.41, 5.74) is 0.804. The molecule has 3 nitrogen and oxygen atoms in total. The number of hydrogen-bond donors (Lipinski definition) is 1. The number of ether oxygens (including phenoxy) is 1. The molecule has 0 aromatic heterocycles. The SMILES string of the molecule is [CH2]Oc1ccc(NC(=O)CCCCCCCCC)cc1. The Hall–Kier alpha value is -1.51. The van der Waals surface area contributed by atoms with Gasteiger partial charge < -0.3 is 10.1 Å². The van der Waals surface area contributed by atoms with Crippen molar-refractivity contribution in [2.24, 2.45) is 0 Å². The van der Waals surface area contributed by atoms with Crippen LogP contribution in [0.3, 0.4) is 0 Å². The first-order valence-corrected chi connectivity index (χ1v) is 7.58. The first kappa shape index (κ1) is 16.5. The topological polar surface area (TPSA) is 38.3 Å². The van der Waals surface area contributed by atoms with E-state index >= 15 is 0 Å². The second-order valence-electron chi connectivity index (χ2n) is 5.09. The predicted octanol–water partition coefficient (Wildman–Crippen LogP) is 4.94. The molecule has 0 saturated heterocycles. The Morgan fingerprint density at radius 2 is 1.65 bits per heavy atom. The lowest BCUT2D eigenvalue weighted by Gasteiger charge is -2.06. The zero-order valence-corrected chi connectivity index (χ0v) is 12.5. The molecular weight excluding hydrogens is 250 g/mol. The molecule has 0 atom stereocenters. The number of anilines is 1. The van der Waals surface area contributed by atoms with Gasteiger partial charge >= 0.3 is 0 Å². The lowest BCUT2D eigenvalue weighted by Crippen LogP contribution is -2.10. The predicted molar refractivity (Wildman–Crippen MR) is 83.7 cm³/mol. The number of benzene rings is 1. The van der Waals surface area contributed by atoms with Crippen molar-refractivity contribution in [2.45, 2.75) is 58.3 Å². The molecule has 0 spiro atoms. The third kappa shape index (κ3) is 7.17. The molecule has 0 aliphatic heterocycles. The van der Waals surface area contributed by atoms with Crippen molar-refractivity contribution >= 4 is 11.6 Å². The van der Waals surface area contributed by atoms with E-state index in [0.29, 0.717) is 12.2 Å². The standard InChI is InChI=1S/C17H26NO2/c1-3-4-5-6-7-8-9-10-17(19)18-15-11-13-16(20-2)14-12-15/h11-14H,2-10H2,1H3,(H,18,19). The van der Waals surface area contributed by atoms with Crippen LogP contribution in [0.25, 0.3) is 0 Å². The minimum atomic E-state index is 0.0850. The molecule has 20 heavy (non-hydrogen) atoms. The van der Waals surface area contributed by atoms with Gasteiger partial charge in [0.2, 0.25) is 5.91 Å². The van der Waals surface area contributed by atoms with Crippen molar-refractivity contribution < 1.29 is 9.53 Å². The van der Waals surface area contributed by atoms with E-state index in [2.05, 4.69) is 19.4 Å². The Balaban J connectivity index is 2.10. The quantitative estimate of drug-likeness (QED) is 0.615. The normalized spacial score (nSPS) is 10.3. The lowest BCUT2D eigenvalue weighted by atomic mass is 10.1. The molecular formula is C17H26NO2. The summed E-state index contributed by atoms with van der Waals surface area (Å²) < 4.78 is 4.83. The molecule has 1 N–H and O–H groups in total. The van der Waals surface area contributed by atoms with E-state index in [9.17, 15) is 4.79 Å². The first-order valence-electron chi connectivity index (χ1n) is 7.58. The molecule has 1 amide bonds. The van der Waals surface area contributed by atoms with Crippen molar-refractivity contribution in [3.05, 3.63) is 31.4 Å². The summed E-state index contributed by atoms with van der Waals surface area (Å²) >= 11 is 0. The number of rotatable bonds is 10.